The Morgan fingerprint density at radius 2 is 1.78 bits per heavy atom. The summed E-state index contributed by atoms with van der Waals surface area (Å²) in [5.74, 6) is 0.331. The number of nitrogens with one attached hydrogen (secondary N) is 1. The van der Waals surface area contributed by atoms with Crippen molar-refractivity contribution in [3.8, 4) is 0 Å². The molecule has 23 heavy (non-hydrogen) atoms. The molecule has 1 aromatic heterocycles. The lowest BCUT2D eigenvalue weighted by atomic mass is 10.1. The quantitative estimate of drug-likeness (QED) is 0.830. The maximum atomic E-state index is 12.0. The van der Waals surface area contributed by atoms with Crippen LogP contribution >= 0.6 is 23.5 Å². The molecule has 0 bridgehead atoms. The molecular weight excluding hydrogens is 326 g/mol. The molecule has 0 aliphatic carbocycles. The van der Waals surface area contributed by atoms with E-state index < -0.39 is 0 Å². The summed E-state index contributed by atoms with van der Waals surface area (Å²) < 4.78 is 0. The number of aromatic nitrogens is 2. The van der Waals surface area contributed by atoms with E-state index in [2.05, 4.69) is 34.3 Å². The maximum Gasteiger partial charge on any atom is 0.230 e. The van der Waals surface area contributed by atoms with Crippen molar-refractivity contribution in [1.29, 1.82) is 0 Å². The molecule has 122 valence electrons. The number of benzene rings is 1. The minimum atomic E-state index is -0.223. The molecule has 6 heteroatoms. The fourth-order valence-electron chi connectivity index (χ4n) is 1.84. The molecule has 0 unspecified atom stereocenters. The molecule has 0 fully saturated rings. The van der Waals surface area contributed by atoms with E-state index in [0.717, 1.165) is 14.9 Å². The third-order valence-corrected chi connectivity index (χ3v) is 5.07. The Labute approximate surface area is 145 Å². The monoisotopic (exact) mass is 347 g/mol. The average molecular weight is 348 g/mol. The van der Waals surface area contributed by atoms with Crippen molar-refractivity contribution in [3.63, 3.8) is 0 Å². The van der Waals surface area contributed by atoms with Gasteiger partial charge in [-0.3, -0.25) is 4.79 Å². The summed E-state index contributed by atoms with van der Waals surface area (Å²) in [5, 5.41) is 4.56. The lowest BCUT2D eigenvalue weighted by Crippen LogP contribution is -2.41. The van der Waals surface area contributed by atoms with Crippen molar-refractivity contribution in [2.45, 2.75) is 48.2 Å². The molecule has 1 heterocycles. The van der Waals surface area contributed by atoms with Crippen molar-refractivity contribution in [1.82, 2.24) is 15.3 Å². The van der Waals surface area contributed by atoms with Crippen LogP contribution in [0.1, 0.15) is 26.3 Å². The first-order valence-corrected chi connectivity index (χ1v) is 9.14. The Balaban J connectivity index is 2.06. The van der Waals surface area contributed by atoms with Gasteiger partial charge in [-0.05, 0) is 39.3 Å². The fourth-order valence-corrected chi connectivity index (χ4v) is 3.64. The second-order valence-electron chi connectivity index (χ2n) is 6.12. The van der Waals surface area contributed by atoms with Crippen LogP contribution in [0.15, 0.2) is 51.6 Å². The molecule has 1 aromatic carbocycles. The lowest BCUT2D eigenvalue weighted by molar-refractivity contribution is -0.119. The van der Waals surface area contributed by atoms with E-state index >= 15 is 0 Å². The summed E-state index contributed by atoms with van der Waals surface area (Å²) in [7, 11) is 0. The number of amides is 1. The van der Waals surface area contributed by atoms with Gasteiger partial charge in [0.2, 0.25) is 5.91 Å². The van der Waals surface area contributed by atoms with Crippen LogP contribution in [0.25, 0.3) is 0 Å². The largest absolute Gasteiger partial charge is 0.351 e. The third kappa shape index (κ3) is 5.88. The molecule has 1 amide bonds. The number of thioether (sulfide) groups is 1. The summed E-state index contributed by atoms with van der Waals surface area (Å²) in [6.07, 6.45) is 3.34. The Morgan fingerprint density at radius 1 is 1.13 bits per heavy atom. The van der Waals surface area contributed by atoms with E-state index in [4.69, 9.17) is 0 Å². The van der Waals surface area contributed by atoms with Crippen LogP contribution in [0.4, 0.5) is 0 Å². The van der Waals surface area contributed by atoms with Crippen LogP contribution in [0, 0.1) is 6.92 Å². The van der Waals surface area contributed by atoms with Gasteiger partial charge in [-0.25, -0.2) is 9.97 Å². The molecule has 0 saturated heterocycles. The van der Waals surface area contributed by atoms with Crippen LogP contribution in [0.5, 0.6) is 0 Å². The van der Waals surface area contributed by atoms with Gasteiger partial charge in [0.25, 0.3) is 0 Å². The molecule has 0 saturated carbocycles. The van der Waals surface area contributed by atoms with Gasteiger partial charge in [0, 0.05) is 22.8 Å². The molecule has 1 N–H and O–H groups in total. The number of hydrogen-bond donors (Lipinski definition) is 1. The Kier molecular flexibility index (Phi) is 6.07. The third-order valence-electron chi connectivity index (χ3n) is 2.79. The normalized spacial score (nSPS) is 11.3. The van der Waals surface area contributed by atoms with Crippen LogP contribution in [-0.2, 0) is 4.79 Å². The van der Waals surface area contributed by atoms with Crippen molar-refractivity contribution in [2.24, 2.45) is 0 Å². The summed E-state index contributed by atoms with van der Waals surface area (Å²) in [6.45, 7) is 7.98. The molecule has 0 aliphatic heterocycles. The van der Waals surface area contributed by atoms with Crippen molar-refractivity contribution < 1.29 is 4.79 Å². The summed E-state index contributed by atoms with van der Waals surface area (Å²) >= 11 is 2.99. The van der Waals surface area contributed by atoms with Gasteiger partial charge in [0.05, 0.1) is 5.75 Å². The molecular formula is C17H21N3OS2. The standard InChI is InChI=1S/C17H21N3OS2/c1-12-7-5-6-8-13(12)23-16-15(18-9-10-19-16)22-11-14(21)20-17(2,3)4/h5-10H,11H2,1-4H3,(H,20,21). The molecule has 0 radical (unpaired) electrons. The predicted octanol–water partition coefficient (Wildman–Crippen LogP) is 3.94. The number of nitrogens with zero attached hydrogens (tertiary/aromatic N) is 2. The minimum absolute atomic E-state index is 0.00000488. The number of aryl methyl sites for hydroxylation is 1. The van der Waals surface area contributed by atoms with Crippen molar-refractivity contribution in [3.05, 3.63) is 42.2 Å². The van der Waals surface area contributed by atoms with Gasteiger partial charge in [0.1, 0.15) is 10.1 Å². The van der Waals surface area contributed by atoms with Gasteiger partial charge in [-0.2, -0.15) is 0 Å². The highest BCUT2D eigenvalue weighted by molar-refractivity contribution is 8.02. The number of rotatable bonds is 5. The smallest absolute Gasteiger partial charge is 0.230 e. The second kappa shape index (κ2) is 7.84. The predicted molar refractivity (Wildman–Crippen MR) is 96.0 cm³/mol. The average Bonchev–Trinajstić information content (AvgIpc) is 2.47. The topological polar surface area (TPSA) is 54.9 Å². The SMILES string of the molecule is Cc1ccccc1Sc1nccnc1SCC(=O)NC(C)(C)C. The van der Waals surface area contributed by atoms with Gasteiger partial charge < -0.3 is 5.32 Å². The zero-order chi connectivity index (χ0) is 16.9. The van der Waals surface area contributed by atoms with E-state index in [-0.39, 0.29) is 11.4 Å². The van der Waals surface area contributed by atoms with Crippen molar-refractivity contribution in [2.75, 3.05) is 5.75 Å². The highest BCUT2D eigenvalue weighted by Crippen LogP contribution is 2.33. The molecule has 2 aromatic rings. The van der Waals surface area contributed by atoms with Gasteiger partial charge in [0.15, 0.2) is 0 Å². The van der Waals surface area contributed by atoms with Gasteiger partial charge >= 0.3 is 0 Å². The van der Waals surface area contributed by atoms with Gasteiger partial charge in [-0.1, -0.05) is 41.7 Å². The lowest BCUT2D eigenvalue weighted by Gasteiger charge is -2.20. The molecule has 0 aliphatic rings. The number of carbonyl (C=O) groups is 1. The molecule has 4 nitrogen and oxygen atoms in total. The van der Waals surface area contributed by atoms with E-state index in [1.165, 1.54) is 17.3 Å². The van der Waals surface area contributed by atoms with Crippen LogP contribution in [0.3, 0.4) is 0 Å². The highest BCUT2D eigenvalue weighted by atomic mass is 32.2. The van der Waals surface area contributed by atoms with Gasteiger partial charge in [-0.15, -0.1) is 0 Å². The van der Waals surface area contributed by atoms with E-state index in [9.17, 15) is 4.79 Å². The molecule has 0 atom stereocenters. The zero-order valence-corrected chi connectivity index (χ0v) is 15.4. The minimum Gasteiger partial charge on any atom is -0.351 e. The van der Waals surface area contributed by atoms with Crippen molar-refractivity contribution >= 4 is 29.4 Å². The summed E-state index contributed by atoms with van der Waals surface area (Å²) in [6, 6.07) is 8.16. The fraction of sp³-hybridized carbons (Fsp3) is 0.353. The van der Waals surface area contributed by atoms with Crippen LogP contribution in [0.2, 0.25) is 0 Å². The number of carbonyl (C=O) groups excluding carboxylic acids is 1. The Hall–Kier alpha value is -1.53. The highest BCUT2D eigenvalue weighted by Gasteiger charge is 2.15. The molecule has 2 rings (SSSR count). The first-order chi connectivity index (χ1) is 10.8. The Bertz CT molecular complexity index is 684. The van der Waals surface area contributed by atoms with E-state index in [1.807, 2.05) is 32.9 Å². The van der Waals surface area contributed by atoms with E-state index in [0.29, 0.717) is 5.75 Å². The second-order valence-corrected chi connectivity index (χ2v) is 8.12. The maximum absolute atomic E-state index is 12.0. The van der Waals surface area contributed by atoms with Crippen LogP contribution < -0.4 is 5.32 Å². The van der Waals surface area contributed by atoms with Crippen LogP contribution in [-0.4, -0.2) is 27.2 Å². The summed E-state index contributed by atoms with van der Waals surface area (Å²) in [4.78, 5) is 21.9. The first-order valence-electron chi connectivity index (χ1n) is 7.33. The summed E-state index contributed by atoms with van der Waals surface area (Å²) in [5.41, 5.74) is 0.975. The Morgan fingerprint density at radius 3 is 2.43 bits per heavy atom. The molecule has 0 spiro atoms. The van der Waals surface area contributed by atoms with E-state index in [1.54, 1.807) is 24.2 Å². The first kappa shape index (κ1) is 17.8. The number of hydrogen-bond acceptors (Lipinski definition) is 5. The zero-order valence-electron chi connectivity index (χ0n) is 13.8.